The SMILES string of the molecule is CCCCC(N=[N+]=[N-])c1ccc(OC)cc1. The molecule has 0 amide bonds. The first-order valence-corrected chi connectivity index (χ1v) is 5.50. The van der Waals surface area contributed by atoms with E-state index in [1.807, 2.05) is 24.3 Å². The summed E-state index contributed by atoms with van der Waals surface area (Å²) in [6, 6.07) is 7.63. The van der Waals surface area contributed by atoms with Crippen LogP contribution in [0.2, 0.25) is 0 Å². The molecule has 16 heavy (non-hydrogen) atoms. The molecule has 1 atom stereocenters. The molecule has 0 aliphatic rings. The summed E-state index contributed by atoms with van der Waals surface area (Å²) in [5, 5.41) is 3.83. The second-order valence-corrected chi connectivity index (χ2v) is 3.64. The molecule has 0 bridgehead atoms. The first-order chi connectivity index (χ1) is 7.81. The van der Waals surface area contributed by atoms with Crippen LogP contribution in [-0.4, -0.2) is 7.11 Å². The maximum absolute atomic E-state index is 8.53. The van der Waals surface area contributed by atoms with Crippen LogP contribution in [0.4, 0.5) is 0 Å². The molecule has 0 N–H and O–H groups in total. The monoisotopic (exact) mass is 219 g/mol. The van der Waals surface area contributed by atoms with Crippen molar-refractivity contribution >= 4 is 0 Å². The lowest BCUT2D eigenvalue weighted by atomic mass is 10.0. The molecular weight excluding hydrogens is 202 g/mol. The van der Waals surface area contributed by atoms with Crippen LogP contribution in [0.3, 0.4) is 0 Å². The predicted molar refractivity (Wildman–Crippen MR) is 64.4 cm³/mol. The second kappa shape index (κ2) is 6.75. The topological polar surface area (TPSA) is 58.0 Å². The van der Waals surface area contributed by atoms with E-state index in [-0.39, 0.29) is 6.04 Å². The van der Waals surface area contributed by atoms with E-state index >= 15 is 0 Å². The van der Waals surface area contributed by atoms with Gasteiger partial charge in [0.05, 0.1) is 13.2 Å². The lowest BCUT2D eigenvalue weighted by molar-refractivity contribution is 0.414. The van der Waals surface area contributed by atoms with Gasteiger partial charge in [-0.2, -0.15) is 0 Å². The van der Waals surface area contributed by atoms with E-state index in [1.165, 1.54) is 0 Å². The number of rotatable bonds is 6. The minimum Gasteiger partial charge on any atom is -0.497 e. The van der Waals surface area contributed by atoms with Gasteiger partial charge in [0.1, 0.15) is 5.75 Å². The summed E-state index contributed by atoms with van der Waals surface area (Å²) in [6.45, 7) is 2.13. The molecule has 0 radical (unpaired) electrons. The molecule has 1 aromatic rings. The van der Waals surface area contributed by atoms with Crippen LogP contribution in [-0.2, 0) is 0 Å². The third kappa shape index (κ3) is 3.48. The largest absolute Gasteiger partial charge is 0.497 e. The molecule has 1 rings (SSSR count). The van der Waals surface area contributed by atoms with Crippen molar-refractivity contribution in [2.45, 2.75) is 32.2 Å². The van der Waals surface area contributed by atoms with E-state index < -0.39 is 0 Å². The molecule has 0 saturated carbocycles. The fraction of sp³-hybridized carbons (Fsp3) is 0.500. The van der Waals surface area contributed by atoms with Crippen LogP contribution in [0.5, 0.6) is 5.75 Å². The molecule has 4 heteroatoms. The highest BCUT2D eigenvalue weighted by Gasteiger charge is 2.08. The molecule has 0 saturated heterocycles. The third-order valence-electron chi connectivity index (χ3n) is 2.52. The molecule has 1 aromatic carbocycles. The molecule has 0 spiro atoms. The third-order valence-corrected chi connectivity index (χ3v) is 2.52. The van der Waals surface area contributed by atoms with E-state index in [0.717, 1.165) is 30.6 Å². The standard InChI is InChI=1S/C12H17N3O/c1-3-4-5-12(14-15-13)10-6-8-11(16-2)9-7-10/h6-9,12H,3-5H2,1-2H3. The van der Waals surface area contributed by atoms with Crippen molar-refractivity contribution in [1.82, 2.24) is 0 Å². The van der Waals surface area contributed by atoms with Gasteiger partial charge in [-0.05, 0) is 29.6 Å². The van der Waals surface area contributed by atoms with Crippen molar-refractivity contribution in [3.05, 3.63) is 40.3 Å². The molecular formula is C12H17N3O. The van der Waals surface area contributed by atoms with Crippen LogP contribution in [0.15, 0.2) is 29.4 Å². The summed E-state index contributed by atoms with van der Waals surface area (Å²) in [5.74, 6) is 0.818. The van der Waals surface area contributed by atoms with Crippen molar-refractivity contribution in [3.8, 4) is 5.75 Å². The Morgan fingerprint density at radius 3 is 2.56 bits per heavy atom. The molecule has 0 aliphatic carbocycles. The lowest BCUT2D eigenvalue weighted by Gasteiger charge is -2.11. The number of azide groups is 1. The van der Waals surface area contributed by atoms with Gasteiger partial charge in [-0.3, -0.25) is 0 Å². The summed E-state index contributed by atoms with van der Waals surface area (Å²) < 4.78 is 5.09. The Labute approximate surface area is 95.9 Å². The van der Waals surface area contributed by atoms with Crippen molar-refractivity contribution in [2.75, 3.05) is 7.11 Å². The molecule has 0 aromatic heterocycles. The zero-order chi connectivity index (χ0) is 11.8. The lowest BCUT2D eigenvalue weighted by Crippen LogP contribution is -1.94. The summed E-state index contributed by atoms with van der Waals surface area (Å²) in [4.78, 5) is 2.90. The van der Waals surface area contributed by atoms with Gasteiger partial charge >= 0.3 is 0 Å². The fourth-order valence-electron chi connectivity index (χ4n) is 1.58. The zero-order valence-corrected chi connectivity index (χ0v) is 9.76. The highest BCUT2D eigenvalue weighted by molar-refractivity contribution is 5.29. The Morgan fingerprint density at radius 1 is 1.38 bits per heavy atom. The van der Waals surface area contributed by atoms with E-state index in [9.17, 15) is 0 Å². The highest BCUT2D eigenvalue weighted by Crippen LogP contribution is 2.25. The number of hydrogen-bond acceptors (Lipinski definition) is 2. The Hall–Kier alpha value is -1.67. The zero-order valence-electron chi connectivity index (χ0n) is 9.76. The van der Waals surface area contributed by atoms with E-state index in [1.54, 1.807) is 7.11 Å². The first kappa shape index (κ1) is 12.4. The fourth-order valence-corrected chi connectivity index (χ4v) is 1.58. The predicted octanol–water partition coefficient (Wildman–Crippen LogP) is 4.24. The molecule has 0 fully saturated rings. The van der Waals surface area contributed by atoms with Gasteiger partial charge in [0.15, 0.2) is 0 Å². The number of benzene rings is 1. The number of hydrogen-bond donors (Lipinski definition) is 0. The smallest absolute Gasteiger partial charge is 0.118 e. The Balaban J connectivity index is 2.79. The van der Waals surface area contributed by atoms with Crippen LogP contribution in [0, 0.1) is 0 Å². The van der Waals surface area contributed by atoms with Crippen molar-refractivity contribution in [3.63, 3.8) is 0 Å². The number of ether oxygens (including phenoxy) is 1. The summed E-state index contributed by atoms with van der Waals surface area (Å²) in [7, 11) is 1.64. The maximum atomic E-state index is 8.53. The number of unbranched alkanes of at least 4 members (excludes halogenated alkanes) is 1. The van der Waals surface area contributed by atoms with Gasteiger partial charge in [0.25, 0.3) is 0 Å². The second-order valence-electron chi connectivity index (χ2n) is 3.64. The normalized spacial score (nSPS) is 11.6. The molecule has 1 unspecified atom stereocenters. The van der Waals surface area contributed by atoms with Gasteiger partial charge in [0.2, 0.25) is 0 Å². The molecule has 86 valence electrons. The van der Waals surface area contributed by atoms with Gasteiger partial charge in [-0.15, -0.1) is 0 Å². The molecule has 4 nitrogen and oxygen atoms in total. The summed E-state index contributed by atoms with van der Waals surface area (Å²) >= 11 is 0. The highest BCUT2D eigenvalue weighted by atomic mass is 16.5. The van der Waals surface area contributed by atoms with Crippen molar-refractivity contribution in [2.24, 2.45) is 5.11 Å². The first-order valence-electron chi connectivity index (χ1n) is 5.50. The average Bonchev–Trinajstić information content (AvgIpc) is 2.35. The number of nitrogens with zero attached hydrogens (tertiary/aromatic N) is 3. The molecule has 0 heterocycles. The van der Waals surface area contributed by atoms with Gasteiger partial charge in [-0.25, -0.2) is 0 Å². The maximum Gasteiger partial charge on any atom is 0.118 e. The minimum absolute atomic E-state index is 0.0594. The van der Waals surface area contributed by atoms with Crippen molar-refractivity contribution < 1.29 is 4.74 Å². The van der Waals surface area contributed by atoms with Gasteiger partial charge in [-0.1, -0.05) is 37.0 Å². The average molecular weight is 219 g/mol. The van der Waals surface area contributed by atoms with Crippen LogP contribution < -0.4 is 4.74 Å². The number of methoxy groups -OCH3 is 1. The van der Waals surface area contributed by atoms with E-state index in [4.69, 9.17) is 10.3 Å². The Bertz CT molecular complexity index is 355. The van der Waals surface area contributed by atoms with Crippen LogP contribution >= 0.6 is 0 Å². The summed E-state index contributed by atoms with van der Waals surface area (Å²) in [6.07, 6.45) is 3.07. The van der Waals surface area contributed by atoms with Gasteiger partial charge < -0.3 is 4.74 Å². The van der Waals surface area contributed by atoms with Gasteiger partial charge in [0, 0.05) is 4.91 Å². The minimum atomic E-state index is -0.0594. The Kier molecular flexibility index (Phi) is 5.23. The van der Waals surface area contributed by atoms with E-state index in [2.05, 4.69) is 16.9 Å². The van der Waals surface area contributed by atoms with Crippen LogP contribution in [0.1, 0.15) is 37.8 Å². The van der Waals surface area contributed by atoms with Crippen molar-refractivity contribution in [1.29, 1.82) is 0 Å². The molecule has 0 aliphatic heterocycles. The van der Waals surface area contributed by atoms with E-state index in [0.29, 0.717) is 0 Å². The Morgan fingerprint density at radius 2 is 2.06 bits per heavy atom. The summed E-state index contributed by atoms with van der Waals surface area (Å²) in [5.41, 5.74) is 9.58. The van der Waals surface area contributed by atoms with Crippen LogP contribution in [0.25, 0.3) is 10.4 Å². The quantitative estimate of drug-likeness (QED) is 0.401.